The topological polar surface area (TPSA) is 42.1 Å². The molecule has 3 rings (SSSR count). The van der Waals surface area contributed by atoms with Crippen LogP contribution in [0.3, 0.4) is 0 Å². The maximum Gasteiger partial charge on any atom is 0.298 e. The van der Waals surface area contributed by atoms with Gasteiger partial charge in [-0.15, -0.1) is 0 Å². The molecule has 2 aromatic carbocycles. The fourth-order valence-electron chi connectivity index (χ4n) is 2.00. The molecule has 0 aliphatic rings. The van der Waals surface area contributed by atoms with Crippen molar-refractivity contribution in [2.75, 3.05) is 0 Å². The molecular formula is C13H9NO2. The molecule has 0 aliphatic heterocycles. The van der Waals surface area contributed by atoms with E-state index < -0.39 is 0 Å². The highest BCUT2D eigenvalue weighted by Crippen LogP contribution is 2.30. The van der Waals surface area contributed by atoms with Gasteiger partial charge in [0.05, 0.1) is 5.52 Å². The summed E-state index contributed by atoms with van der Waals surface area (Å²) in [7, 11) is 0. The maximum absolute atomic E-state index is 10.4. The van der Waals surface area contributed by atoms with Gasteiger partial charge >= 0.3 is 0 Å². The Labute approximate surface area is 91.6 Å². The number of carbonyl (C=O) groups excluding carboxylic acids is 1. The third-order valence-electron chi connectivity index (χ3n) is 2.68. The number of fused-ring (bicyclic) bond motifs is 3. The molecule has 1 N–H and O–H groups in total. The van der Waals surface area contributed by atoms with E-state index in [4.69, 9.17) is 4.74 Å². The standard InChI is InChI=1S/C13H9NO2/c15-8-16-12-7-3-5-10-9-4-1-2-6-11(9)14-13(10)12/h1-8,14H. The Hall–Kier alpha value is -2.29. The first kappa shape index (κ1) is 8.97. The summed E-state index contributed by atoms with van der Waals surface area (Å²) in [5.74, 6) is 0.559. The smallest absolute Gasteiger partial charge is 0.298 e. The van der Waals surface area contributed by atoms with Crippen molar-refractivity contribution in [3.63, 3.8) is 0 Å². The number of ether oxygens (including phenoxy) is 1. The Morgan fingerprint density at radius 1 is 1.00 bits per heavy atom. The van der Waals surface area contributed by atoms with Crippen LogP contribution in [0.5, 0.6) is 5.75 Å². The van der Waals surface area contributed by atoms with E-state index in [1.54, 1.807) is 6.07 Å². The zero-order valence-electron chi connectivity index (χ0n) is 8.44. The van der Waals surface area contributed by atoms with Crippen molar-refractivity contribution in [2.24, 2.45) is 0 Å². The summed E-state index contributed by atoms with van der Waals surface area (Å²) >= 11 is 0. The fourth-order valence-corrected chi connectivity index (χ4v) is 2.00. The van der Waals surface area contributed by atoms with E-state index in [1.807, 2.05) is 36.4 Å². The van der Waals surface area contributed by atoms with Crippen molar-refractivity contribution in [3.8, 4) is 5.75 Å². The molecule has 3 nitrogen and oxygen atoms in total. The number of hydrogen-bond donors (Lipinski definition) is 1. The number of hydrogen-bond acceptors (Lipinski definition) is 2. The zero-order chi connectivity index (χ0) is 11.0. The van der Waals surface area contributed by atoms with E-state index in [0.29, 0.717) is 12.2 Å². The van der Waals surface area contributed by atoms with Gasteiger partial charge in [0.2, 0.25) is 0 Å². The molecule has 0 unspecified atom stereocenters. The normalized spacial score (nSPS) is 10.8. The average Bonchev–Trinajstić information content (AvgIpc) is 2.69. The van der Waals surface area contributed by atoms with Gasteiger partial charge in [-0.05, 0) is 12.1 Å². The van der Waals surface area contributed by atoms with E-state index in [1.165, 1.54) is 0 Å². The van der Waals surface area contributed by atoms with Crippen LogP contribution in [0, 0.1) is 0 Å². The lowest BCUT2D eigenvalue weighted by atomic mass is 10.1. The van der Waals surface area contributed by atoms with Crippen LogP contribution in [0.25, 0.3) is 21.8 Å². The first-order valence-corrected chi connectivity index (χ1v) is 5.00. The number of benzene rings is 2. The average molecular weight is 211 g/mol. The third kappa shape index (κ3) is 1.18. The second-order valence-corrected chi connectivity index (χ2v) is 3.56. The van der Waals surface area contributed by atoms with Crippen LogP contribution in [0.1, 0.15) is 0 Å². The molecule has 3 aromatic rings. The molecule has 0 saturated carbocycles. The number of para-hydroxylation sites is 2. The van der Waals surface area contributed by atoms with Crippen molar-refractivity contribution < 1.29 is 9.53 Å². The van der Waals surface area contributed by atoms with Crippen molar-refractivity contribution in [1.82, 2.24) is 4.98 Å². The maximum atomic E-state index is 10.4. The van der Waals surface area contributed by atoms with Crippen LogP contribution in [0.15, 0.2) is 42.5 Å². The Bertz CT molecular complexity index is 670. The predicted molar refractivity (Wildman–Crippen MR) is 62.5 cm³/mol. The molecule has 3 heteroatoms. The number of aromatic nitrogens is 1. The van der Waals surface area contributed by atoms with Crippen LogP contribution < -0.4 is 4.74 Å². The molecule has 16 heavy (non-hydrogen) atoms. The molecule has 0 radical (unpaired) electrons. The van der Waals surface area contributed by atoms with Gasteiger partial charge in [-0.3, -0.25) is 4.79 Å². The molecule has 0 atom stereocenters. The number of nitrogens with one attached hydrogen (secondary N) is 1. The molecule has 1 aromatic heterocycles. The van der Waals surface area contributed by atoms with Crippen LogP contribution in [0.4, 0.5) is 0 Å². The molecular weight excluding hydrogens is 202 g/mol. The van der Waals surface area contributed by atoms with Crippen molar-refractivity contribution >= 4 is 28.3 Å². The largest absolute Gasteiger partial charge is 0.427 e. The molecule has 0 aliphatic carbocycles. The van der Waals surface area contributed by atoms with Gasteiger partial charge in [-0.25, -0.2) is 0 Å². The summed E-state index contributed by atoms with van der Waals surface area (Å²) in [6.45, 7) is 0.445. The first-order chi connectivity index (χ1) is 7.90. The lowest BCUT2D eigenvalue weighted by Gasteiger charge is -1.98. The van der Waals surface area contributed by atoms with Crippen LogP contribution in [-0.4, -0.2) is 11.5 Å². The third-order valence-corrected chi connectivity index (χ3v) is 2.68. The van der Waals surface area contributed by atoms with Crippen LogP contribution in [0.2, 0.25) is 0 Å². The minimum atomic E-state index is 0.445. The first-order valence-electron chi connectivity index (χ1n) is 5.00. The van der Waals surface area contributed by atoms with Crippen molar-refractivity contribution in [1.29, 1.82) is 0 Å². The number of H-pyrrole nitrogens is 1. The zero-order valence-corrected chi connectivity index (χ0v) is 8.44. The minimum Gasteiger partial charge on any atom is -0.427 e. The Morgan fingerprint density at radius 2 is 1.81 bits per heavy atom. The van der Waals surface area contributed by atoms with Gasteiger partial charge < -0.3 is 9.72 Å². The van der Waals surface area contributed by atoms with Crippen LogP contribution in [-0.2, 0) is 4.79 Å². The Balaban J connectivity index is 2.43. The molecule has 1 heterocycles. The Kier molecular flexibility index (Phi) is 1.90. The monoisotopic (exact) mass is 211 g/mol. The summed E-state index contributed by atoms with van der Waals surface area (Å²) in [5.41, 5.74) is 1.90. The lowest BCUT2D eigenvalue weighted by molar-refractivity contribution is -0.120. The minimum absolute atomic E-state index is 0.445. The number of carbonyl (C=O) groups is 1. The van der Waals surface area contributed by atoms with Gasteiger partial charge in [-0.2, -0.15) is 0 Å². The molecule has 0 fully saturated rings. The summed E-state index contributed by atoms with van der Waals surface area (Å²) < 4.78 is 4.94. The van der Waals surface area contributed by atoms with Gasteiger partial charge in [0.25, 0.3) is 6.47 Å². The second kappa shape index (κ2) is 3.38. The molecule has 0 bridgehead atoms. The second-order valence-electron chi connectivity index (χ2n) is 3.56. The number of rotatable bonds is 2. The van der Waals surface area contributed by atoms with E-state index in [-0.39, 0.29) is 0 Å². The van der Waals surface area contributed by atoms with E-state index >= 15 is 0 Å². The van der Waals surface area contributed by atoms with Gasteiger partial charge in [0, 0.05) is 16.3 Å². The molecule has 0 saturated heterocycles. The van der Waals surface area contributed by atoms with Gasteiger partial charge in [-0.1, -0.05) is 30.3 Å². The lowest BCUT2D eigenvalue weighted by Crippen LogP contribution is -1.88. The summed E-state index contributed by atoms with van der Waals surface area (Å²) in [5, 5.41) is 2.20. The van der Waals surface area contributed by atoms with Crippen molar-refractivity contribution in [3.05, 3.63) is 42.5 Å². The Morgan fingerprint density at radius 3 is 2.69 bits per heavy atom. The van der Waals surface area contributed by atoms with Crippen molar-refractivity contribution in [2.45, 2.75) is 0 Å². The molecule has 0 amide bonds. The number of aromatic amines is 1. The highest BCUT2D eigenvalue weighted by molar-refractivity contribution is 6.09. The van der Waals surface area contributed by atoms with E-state index in [2.05, 4.69) is 4.98 Å². The summed E-state index contributed by atoms with van der Waals surface area (Å²) in [6, 6.07) is 13.7. The fraction of sp³-hybridized carbons (Fsp3) is 0. The highest BCUT2D eigenvalue weighted by atomic mass is 16.5. The summed E-state index contributed by atoms with van der Waals surface area (Å²) in [6.07, 6.45) is 0. The van der Waals surface area contributed by atoms with Gasteiger partial charge in [0.15, 0.2) is 5.75 Å². The van der Waals surface area contributed by atoms with Gasteiger partial charge in [0.1, 0.15) is 0 Å². The van der Waals surface area contributed by atoms with Crippen LogP contribution >= 0.6 is 0 Å². The van der Waals surface area contributed by atoms with E-state index in [9.17, 15) is 4.79 Å². The summed E-state index contributed by atoms with van der Waals surface area (Å²) in [4.78, 5) is 13.6. The SMILES string of the molecule is O=COc1cccc2c1[nH]c1ccccc12. The quantitative estimate of drug-likeness (QED) is 0.662. The highest BCUT2D eigenvalue weighted by Gasteiger charge is 2.07. The van der Waals surface area contributed by atoms with E-state index in [0.717, 1.165) is 21.8 Å². The predicted octanol–water partition coefficient (Wildman–Crippen LogP) is 2.86. The molecule has 0 spiro atoms. The molecule has 78 valence electrons.